The van der Waals surface area contributed by atoms with Gasteiger partial charge in [-0.15, -0.1) is 12.4 Å². The van der Waals surface area contributed by atoms with Crippen molar-refractivity contribution >= 4 is 24.2 Å². The second-order valence-electron chi connectivity index (χ2n) is 7.64. The fourth-order valence-electron chi connectivity index (χ4n) is 3.62. The molecule has 0 heterocycles. The van der Waals surface area contributed by atoms with E-state index in [-0.39, 0.29) is 41.3 Å². The summed E-state index contributed by atoms with van der Waals surface area (Å²) in [6.45, 7) is 2.42. The monoisotopic (exact) mass is 419 g/mol. The Morgan fingerprint density at radius 1 is 1.24 bits per heavy atom. The Labute approximate surface area is 176 Å². The zero-order chi connectivity index (χ0) is 20.3. The topological polar surface area (TPSA) is 84.2 Å². The first-order chi connectivity index (χ1) is 13.3. The fourth-order valence-corrected chi connectivity index (χ4v) is 3.62. The average molecular weight is 420 g/mol. The lowest BCUT2D eigenvalue weighted by Gasteiger charge is -2.15. The van der Waals surface area contributed by atoms with Crippen molar-refractivity contribution in [1.82, 2.24) is 10.6 Å². The largest absolute Gasteiger partial charge is 0.355 e. The average Bonchev–Trinajstić information content (AvgIpc) is 3.39. The van der Waals surface area contributed by atoms with E-state index in [4.69, 9.17) is 5.73 Å². The molecule has 2 aromatic rings. The van der Waals surface area contributed by atoms with Crippen molar-refractivity contribution in [1.29, 1.82) is 0 Å². The lowest BCUT2D eigenvalue weighted by molar-refractivity contribution is -0.122. The Kier molecular flexibility index (Phi) is 7.38. The van der Waals surface area contributed by atoms with Crippen molar-refractivity contribution in [2.24, 2.45) is 11.7 Å². The van der Waals surface area contributed by atoms with Gasteiger partial charge < -0.3 is 16.4 Å². The number of nitrogens with two attached hydrogens (primary N) is 1. The number of nitrogens with one attached hydrogen (secondary N) is 2. The summed E-state index contributed by atoms with van der Waals surface area (Å²) >= 11 is 0. The molecule has 2 unspecified atom stereocenters. The maximum atomic E-state index is 14.0. The predicted molar refractivity (Wildman–Crippen MR) is 114 cm³/mol. The van der Waals surface area contributed by atoms with Crippen molar-refractivity contribution in [3.8, 4) is 0 Å². The van der Waals surface area contributed by atoms with Crippen LogP contribution in [0, 0.1) is 11.7 Å². The zero-order valence-corrected chi connectivity index (χ0v) is 17.4. The van der Waals surface area contributed by atoms with Gasteiger partial charge >= 0.3 is 0 Å². The van der Waals surface area contributed by atoms with Gasteiger partial charge in [-0.3, -0.25) is 9.59 Å². The number of carbonyl (C=O) groups is 2. The van der Waals surface area contributed by atoms with Crippen LogP contribution in [0.1, 0.15) is 34.8 Å². The lowest BCUT2D eigenvalue weighted by atomic mass is 9.95. The van der Waals surface area contributed by atoms with E-state index in [0.29, 0.717) is 18.5 Å². The van der Waals surface area contributed by atoms with Gasteiger partial charge in [0, 0.05) is 31.0 Å². The van der Waals surface area contributed by atoms with E-state index in [1.54, 1.807) is 6.07 Å². The Hall–Kier alpha value is -2.44. The summed E-state index contributed by atoms with van der Waals surface area (Å²) in [5.74, 6) is -1.09. The minimum Gasteiger partial charge on any atom is -0.355 e. The first-order valence-corrected chi connectivity index (χ1v) is 9.44. The molecule has 1 fully saturated rings. The van der Waals surface area contributed by atoms with E-state index in [2.05, 4.69) is 29.7 Å². The number of hydrogen-bond donors (Lipinski definition) is 3. The molecule has 2 amide bonds. The molecule has 0 aromatic heterocycles. The Morgan fingerprint density at radius 3 is 2.55 bits per heavy atom. The first kappa shape index (κ1) is 22.8. The van der Waals surface area contributed by atoms with Gasteiger partial charge in [-0.2, -0.15) is 0 Å². The summed E-state index contributed by atoms with van der Waals surface area (Å²) in [7, 11) is 1.46. The minimum atomic E-state index is -0.579. The quantitative estimate of drug-likeness (QED) is 0.644. The van der Waals surface area contributed by atoms with Gasteiger partial charge in [-0.05, 0) is 36.1 Å². The van der Waals surface area contributed by atoms with E-state index in [1.807, 2.05) is 18.2 Å². The fraction of sp³-hybridized carbons (Fsp3) is 0.364. The van der Waals surface area contributed by atoms with Crippen LogP contribution < -0.4 is 16.4 Å². The minimum absolute atomic E-state index is 0. The highest BCUT2D eigenvalue weighted by Gasteiger charge is 2.55. The Morgan fingerprint density at radius 2 is 1.93 bits per heavy atom. The maximum absolute atomic E-state index is 14.0. The molecular formula is C22H27ClFN3O2. The smallest absolute Gasteiger partial charge is 0.253 e. The number of rotatable bonds is 7. The number of amides is 2. The molecule has 7 heteroatoms. The van der Waals surface area contributed by atoms with Crippen LogP contribution in [0.2, 0.25) is 0 Å². The predicted octanol–water partition coefficient (Wildman–Crippen LogP) is 2.57. The second-order valence-corrected chi connectivity index (χ2v) is 7.64. The van der Waals surface area contributed by atoms with Crippen LogP contribution in [0.25, 0.3) is 0 Å². The molecule has 1 saturated carbocycles. The summed E-state index contributed by atoms with van der Waals surface area (Å²) in [5.41, 5.74) is 7.86. The standard InChI is InChI=1S/C22H26FN3O2.ClH/c1-22(15-6-4-3-5-7-15)12-18(22)21(28)26-13-16(24)10-14-8-9-17(19(23)11-14)20(27)25-2;/h3-9,11,16,18H,10,12-13,24H2,1-2H3,(H,25,27)(H,26,28);1H/t16-,18?,22?;/m0./s1. The van der Waals surface area contributed by atoms with Crippen molar-refractivity contribution in [2.75, 3.05) is 13.6 Å². The van der Waals surface area contributed by atoms with Gasteiger partial charge in [-0.25, -0.2) is 4.39 Å². The van der Waals surface area contributed by atoms with E-state index in [9.17, 15) is 14.0 Å². The lowest BCUT2D eigenvalue weighted by Crippen LogP contribution is -2.40. The molecule has 0 bridgehead atoms. The molecule has 0 radical (unpaired) electrons. The van der Waals surface area contributed by atoms with E-state index >= 15 is 0 Å². The molecule has 0 saturated heterocycles. The molecule has 5 nitrogen and oxygen atoms in total. The van der Waals surface area contributed by atoms with E-state index in [0.717, 1.165) is 6.42 Å². The van der Waals surface area contributed by atoms with Crippen LogP contribution in [0.5, 0.6) is 0 Å². The van der Waals surface area contributed by atoms with Gasteiger partial charge in [0.25, 0.3) is 5.91 Å². The highest BCUT2D eigenvalue weighted by molar-refractivity contribution is 5.94. The highest BCUT2D eigenvalue weighted by atomic mass is 35.5. The van der Waals surface area contributed by atoms with Gasteiger partial charge in [0.05, 0.1) is 5.56 Å². The summed E-state index contributed by atoms with van der Waals surface area (Å²) < 4.78 is 14.0. The number of carbonyl (C=O) groups excluding carboxylic acids is 2. The van der Waals surface area contributed by atoms with Crippen LogP contribution in [0.4, 0.5) is 4.39 Å². The normalized spacial score (nSPS) is 20.9. The van der Waals surface area contributed by atoms with Gasteiger partial charge in [0.15, 0.2) is 0 Å². The summed E-state index contributed by atoms with van der Waals surface area (Å²) in [4.78, 5) is 24.0. The van der Waals surface area contributed by atoms with Crippen molar-refractivity contribution < 1.29 is 14.0 Å². The van der Waals surface area contributed by atoms with Crippen LogP contribution in [-0.4, -0.2) is 31.4 Å². The van der Waals surface area contributed by atoms with Gasteiger partial charge in [0.1, 0.15) is 5.82 Å². The molecule has 1 aliphatic rings. The molecule has 4 N–H and O–H groups in total. The molecule has 3 atom stereocenters. The third kappa shape index (κ3) is 5.14. The van der Waals surface area contributed by atoms with Crippen LogP contribution in [-0.2, 0) is 16.6 Å². The molecule has 0 aliphatic heterocycles. The third-order valence-corrected chi connectivity index (χ3v) is 5.53. The zero-order valence-electron chi connectivity index (χ0n) is 16.6. The third-order valence-electron chi connectivity index (χ3n) is 5.53. The molecular weight excluding hydrogens is 393 g/mol. The Bertz CT molecular complexity index is 878. The van der Waals surface area contributed by atoms with Crippen LogP contribution in [0.3, 0.4) is 0 Å². The first-order valence-electron chi connectivity index (χ1n) is 9.44. The molecule has 0 spiro atoms. The molecule has 1 aliphatic carbocycles. The molecule has 29 heavy (non-hydrogen) atoms. The summed E-state index contributed by atoms with van der Waals surface area (Å²) in [6.07, 6.45) is 1.23. The number of benzene rings is 2. The summed E-state index contributed by atoms with van der Waals surface area (Å²) in [5, 5.41) is 5.32. The summed E-state index contributed by atoms with van der Waals surface area (Å²) in [6, 6.07) is 14.2. The highest BCUT2D eigenvalue weighted by Crippen LogP contribution is 2.53. The van der Waals surface area contributed by atoms with E-state index in [1.165, 1.54) is 24.7 Å². The molecule has 3 rings (SSSR count). The van der Waals surface area contributed by atoms with Crippen molar-refractivity contribution in [2.45, 2.75) is 31.2 Å². The van der Waals surface area contributed by atoms with Gasteiger partial charge in [-0.1, -0.05) is 43.3 Å². The van der Waals surface area contributed by atoms with Crippen molar-refractivity contribution in [3.05, 3.63) is 71.0 Å². The molecule has 156 valence electrons. The van der Waals surface area contributed by atoms with Crippen molar-refractivity contribution in [3.63, 3.8) is 0 Å². The SMILES string of the molecule is CNC(=O)c1ccc(C[C@H](N)CNC(=O)C2CC2(C)c2ccccc2)cc1F.Cl. The van der Waals surface area contributed by atoms with Gasteiger partial charge in [0.2, 0.25) is 5.91 Å². The second kappa shape index (κ2) is 9.37. The number of hydrogen-bond acceptors (Lipinski definition) is 3. The number of halogens is 2. The maximum Gasteiger partial charge on any atom is 0.253 e. The molecule has 2 aromatic carbocycles. The van der Waals surface area contributed by atoms with Crippen LogP contribution in [0.15, 0.2) is 48.5 Å². The van der Waals surface area contributed by atoms with Crippen LogP contribution >= 0.6 is 12.4 Å². The Balaban J connectivity index is 0.00000300. The van der Waals surface area contributed by atoms with E-state index < -0.39 is 11.7 Å².